The molecule has 1 aliphatic heterocycles. The summed E-state index contributed by atoms with van der Waals surface area (Å²) in [4.78, 5) is 2.64. The van der Waals surface area contributed by atoms with Gasteiger partial charge in [-0.25, -0.2) is 13.1 Å². The predicted octanol–water partition coefficient (Wildman–Crippen LogP) is 5.38. The highest BCUT2D eigenvalue weighted by molar-refractivity contribution is 7.99. The monoisotopic (exact) mass is 547 g/mol. The summed E-state index contributed by atoms with van der Waals surface area (Å²) in [6.45, 7) is 7.61. The molecule has 0 spiro atoms. The Morgan fingerprint density at radius 3 is 2.61 bits per heavy atom. The van der Waals surface area contributed by atoms with E-state index in [-0.39, 0.29) is 4.90 Å². The van der Waals surface area contributed by atoms with Crippen LogP contribution in [0.2, 0.25) is 5.02 Å². The molecule has 1 fully saturated rings. The van der Waals surface area contributed by atoms with Gasteiger partial charge in [0.25, 0.3) is 0 Å². The molecule has 194 valence electrons. The van der Waals surface area contributed by atoms with E-state index in [2.05, 4.69) is 43.1 Å². The summed E-state index contributed by atoms with van der Waals surface area (Å²) in [7, 11) is -3.80. The first kappa shape index (κ1) is 27.1. The molecule has 2 aliphatic rings. The zero-order valence-corrected chi connectivity index (χ0v) is 22.9. The SMILES string of the molecule is C=CCSc1nnc([C@@H](CC2=CC=CCC2)NS(=O)(=O)c2ccc(Cl)cc2)n1CCN1CCCCC1. The molecule has 0 amide bonds. The fraction of sp³-hybridized carbons (Fsp3) is 0.462. The van der Waals surface area contributed by atoms with Crippen molar-refractivity contribution < 1.29 is 8.42 Å². The van der Waals surface area contributed by atoms with Crippen LogP contribution >= 0.6 is 23.4 Å². The van der Waals surface area contributed by atoms with Gasteiger partial charge in [0.1, 0.15) is 0 Å². The predicted molar refractivity (Wildman–Crippen MR) is 147 cm³/mol. The molecule has 0 unspecified atom stereocenters. The van der Waals surface area contributed by atoms with Gasteiger partial charge in [-0.1, -0.05) is 59.7 Å². The number of benzene rings is 1. The lowest BCUT2D eigenvalue weighted by Gasteiger charge is -2.27. The minimum atomic E-state index is -3.80. The normalized spacial score (nSPS) is 17.6. The summed E-state index contributed by atoms with van der Waals surface area (Å²) in [6.07, 6.45) is 14.2. The van der Waals surface area contributed by atoms with Crippen molar-refractivity contribution in [2.45, 2.75) is 61.2 Å². The zero-order chi connectivity index (χ0) is 25.4. The van der Waals surface area contributed by atoms with Gasteiger partial charge in [-0.05, 0) is 69.5 Å². The van der Waals surface area contributed by atoms with Crippen molar-refractivity contribution in [3.05, 3.63) is 71.6 Å². The summed E-state index contributed by atoms with van der Waals surface area (Å²) in [6, 6.07) is 5.68. The minimum Gasteiger partial charge on any atom is -0.303 e. The molecule has 1 saturated heterocycles. The van der Waals surface area contributed by atoms with Crippen molar-refractivity contribution in [2.75, 3.05) is 25.4 Å². The van der Waals surface area contributed by atoms with Crippen LogP contribution in [-0.4, -0.2) is 53.5 Å². The Balaban J connectivity index is 1.65. The van der Waals surface area contributed by atoms with E-state index in [1.165, 1.54) is 37.0 Å². The largest absolute Gasteiger partial charge is 0.303 e. The second-order valence-corrected chi connectivity index (χ2v) is 12.3. The number of aromatic nitrogens is 3. The van der Waals surface area contributed by atoms with Crippen LogP contribution in [0.5, 0.6) is 0 Å². The average Bonchev–Trinajstić information content (AvgIpc) is 3.30. The lowest BCUT2D eigenvalue weighted by molar-refractivity contribution is 0.217. The van der Waals surface area contributed by atoms with Crippen LogP contribution in [0.1, 0.15) is 50.4 Å². The molecule has 2 aromatic rings. The second kappa shape index (κ2) is 13.1. The number of allylic oxidation sites excluding steroid dienone is 3. The molecule has 0 bridgehead atoms. The number of rotatable bonds is 12. The number of sulfonamides is 1. The summed E-state index contributed by atoms with van der Waals surface area (Å²) < 4.78 is 31.8. The number of nitrogens with zero attached hydrogens (tertiary/aromatic N) is 4. The minimum absolute atomic E-state index is 0.176. The molecule has 1 aliphatic carbocycles. The highest BCUT2D eigenvalue weighted by Gasteiger charge is 2.28. The van der Waals surface area contributed by atoms with Crippen LogP contribution in [0.4, 0.5) is 0 Å². The van der Waals surface area contributed by atoms with Crippen molar-refractivity contribution in [1.82, 2.24) is 24.4 Å². The van der Waals surface area contributed by atoms with Crippen molar-refractivity contribution in [1.29, 1.82) is 0 Å². The van der Waals surface area contributed by atoms with Gasteiger partial charge in [-0.3, -0.25) is 0 Å². The van der Waals surface area contributed by atoms with Crippen LogP contribution in [-0.2, 0) is 16.6 Å². The third kappa shape index (κ3) is 7.32. The molecule has 2 heterocycles. The Kier molecular flexibility index (Phi) is 9.84. The van der Waals surface area contributed by atoms with Gasteiger partial charge in [-0.2, -0.15) is 0 Å². The van der Waals surface area contributed by atoms with E-state index < -0.39 is 16.1 Å². The number of hydrogen-bond acceptors (Lipinski definition) is 6. The lowest BCUT2D eigenvalue weighted by atomic mass is 9.98. The van der Waals surface area contributed by atoms with Crippen LogP contribution in [0.3, 0.4) is 0 Å². The maximum Gasteiger partial charge on any atom is 0.241 e. The smallest absolute Gasteiger partial charge is 0.241 e. The average molecular weight is 548 g/mol. The number of hydrogen-bond donors (Lipinski definition) is 1. The number of likely N-dealkylation sites (tertiary alicyclic amines) is 1. The molecule has 36 heavy (non-hydrogen) atoms. The lowest BCUT2D eigenvalue weighted by Crippen LogP contribution is -2.34. The van der Waals surface area contributed by atoms with Crippen molar-refractivity contribution >= 4 is 33.4 Å². The maximum absolute atomic E-state index is 13.4. The molecule has 4 rings (SSSR count). The van der Waals surface area contributed by atoms with Crippen LogP contribution in [0.15, 0.2) is 70.8 Å². The summed E-state index contributed by atoms with van der Waals surface area (Å²) in [5.74, 6) is 1.35. The summed E-state index contributed by atoms with van der Waals surface area (Å²) in [5, 5.41) is 10.3. The number of nitrogens with one attached hydrogen (secondary N) is 1. The van der Waals surface area contributed by atoms with E-state index in [9.17, 15) is 8.42 Å². The van der Waals surface area contributed by atoms with E-state index in [4.69, 9.17) is 11.6 Å². The summed E-state index contributed by atoms with van der Waals surface area (Å²) in [5.41, 5.74) is 1.19. The molecule has 0 radical (unpaired) electrons. The van der Waals surface area contributed by atoms with E-state index in [1.807, 2.05) is 12.2 Å². The van der Waals surface area contributed by atoms with Gasteiger partial charge >= 0.3 is 0 Å². The highest BCUT2D eigenvalue weighted by atomic mass is 35.5. The van der Waals surface area contributed by atoms with Crippen LogP contribution in [0.25, 0.3) is 0 Å². The molecular formula is C26H34ClN5O2S2. The van der Waals surface area contributed by atoms with Crippen molar-refractivity contribution in [3.8, 4) is 0 Å². The number of piperidine rings is 1. The Hall–Kier alpha value is -1.91. The van der Waals surface area contributed by atoms with Gasteiger partial charge in [0, 0.05) is 23.9 Å². The van der Waals surface area contributed by atoms with E-state index in [1.54, 1.807) is 23.9 Å². The molecule has 7 nitrogen and oxygen atoms in total. The van der Waals surface area contributed by atoms with Gasteiger partial charge in [0.05, 0.1) is 10.9 Å². The Labute approximate surface area is 223 Å². The second-order valence-electron chi connectivity index (χ2n) is 9.12. The summed E-state index contributed by atoms with van der Waals surface area (Å²) >= 11 is 7.56. The van der Waals surface area contributed by atoms with Crippen LogP contribution in [0, 0.1) is 0 Å². The number of halogens is 1. The Morgan fingerprint density at radius 1 is 1.14 bits per heavy atom. The maximum atomic E-state index is 13.4. The van der Waals surface area contributed by atoms with Crippen LogP contribution < -0.4 is 4.72 Å². The van der Waals surface area contributed by atoms with Gasteiger partial charge < -0.3 is 9.47 Å². The van der Waals surface area contributed by atoms with Gasteiger partial charge in [-0.15, -0.1) is 16.8 Å². The number of thioether (sulfide) groups is 1. The van der Waals surface area contributed by atoms with E-state index in [0.717, 1.165) is 37.6 Å². The molecule has 1 aromatic heterocycles. The Bertz CT molecular complexity index is 1190. The first-order chi connectivity index (χ1) is 17.5. The highest BCUT2D eigenvalue weighted by Crippen LogP contribution is 2.29. The van der Waals surface area contributed by atoms with E-state index in [0.29, 0.717) is 29.6 Å². The molecule has 10 heteroatoms. The fourth-order valence-corrected chi connectivity index (χ4v) is 6.60. The van der Waals surface area contributed by atoms with Crippen molar-refractivity contribution in [3.63, 3.8) is 0 Å². The fourth-order valence-electron chi connectivity index (χ4n) is 4.57. The first-order valence-electron chi connectivity index (χ1n) is 12.5. The quantitative estimate of drug-likeness (QED) is 0.284. The molecule has 0 saturated carbocycles. The molecule has 1 N–H and O–H groups in total. The molecular weight excluding hydrogens is 514 g/mol. The first-order valence-corrected chi connectivity index (χ1v) is 15.3. The van der Waals surface area contributed by atoms with E-state index >= 15 is 0 Å². The molecule has 1 aromatic carbocycles. The van der Waals surface area contributed by atoms with Gasteiger partial charge in [0.15, 0.2) is 11.0 Å². The Morgan fingerprint density at radius 2 is 1.92 bits per heavy atom. The molecule has 1 atom stereocenters. The van der Waals surface area contributed by atoms with Crippen molar-refractivity contribution in [2.24, 2.45) is 0 Å². The zero-order valence-electron chi connectivity index (χ0n) is 20.5. The standard InChI is InChI=1S/C26H34ClN5O2S2/c1-2-19-35-26-29-28-25(32(26)18-17-31-15-7-4-8-16-31)24(20-21-9-5-3-6-10-21)30-36(33,34)23-13-11-22(27)12-14-23/h2-3,5,9,11-14,24,30H,1,4,6-8,10,15-20H2/t24-/m1/s1. The third-order valence-corrected chi connectivity index (χ3v) is 9.17. The topological polar surface area (TPSA) is 80.1 Å². The third-order valence-electron chi connectivity index (χ3n) is 6.46. The van der Waals surface area contributed by atoms with Gasteiger partial charge in [0.2, 0.25) is 10.0 Å².